The van der Waals surface area contributed by atoms with E-state index in [4.69, 9.17) is 0 Å². The molecule has 2 heterocycles. The van der Waals surface area contributed by atoms with Gasteiger partial charge in [0.05, 0.1) is 10.9 Å². The van der Waals surface area contributed by atoms with Crippen molar-refractivity contribution >= 4 is 27.5 Å². The predicted molar refractivity (Wildman–Crippen MR) is 60.8 cm³/mol. The van der Waals surface area contributed by atoms with E-state index in [2.05, 4.69) is 30.3 Å². The van der Waals surface area contributed by atoms with Crippen LogP contribution in [-0.4, -0.2) is 14.3 Å². The first-order valence-corrected chi connectivity index (χ1v) is 6.32. The minimum Gasteiger partial charge on any atom is -0.252 e. The van der Waals surface area contributed by atoms with E-state index >= 15 is 0 Å². The first-order chi connectivity index (χ1) is 8.00. The van der Waals surface area contributed by atoms with E-state index in [1.807, 2.05) is 0 Å². The molecule has 2 aromatic heterocycles. The number of nitrogens with zero attached hydrogens (tertiary/aromatic N) is 3. The van der Waals surface area contributed by atoms with Gasteiger partial charge in [0.25, 0.3) is 0 Å². The topological polar surface area (TPSA) is 38.7 Å². The van der Waals surface area contributed by atoms with Crippen LogP contribution in [0, 0.1) is 0 Å². The molecule has 90 valence electrons. The molecule has 0 fully saturated rings. The summed E-state index contributed by atoms with van der Waals surface area (Å²) < 4.78 is 40.9. The Balaban J connectivity index is 2.29. The van der Waals surface area contributed by atoms with E-state index in [0.29, 0.717) is 16.8 Å². The molecular weight excluding hydrogens is 319 g/mol. The largest absolute Gasteiger partial charge is 0.417 e. The van der Waals surface area contributed by atoms with E-state index in [1.54, 1.807) is 0 Å². The fraction of sp³-hybridized carbons (Fsp3) is 0.222. The molecule has 0 aliphatic rings. The van der Waals surface area contributed by atoms with Crippen molar-refractivity contribution in [2.24, 2.45) is 0 Å². The van der Waals surface area contributed by atoms with Crippen LogP contribution in [0.2, 0.25) is 0 Å². The quantitative estimate of drug-likeness (QED) is 0.794. The molecule has 0 saturated heterocycles. The van der Waals surface area contributed by atoms with Crippen LogP contribution in [0.15, 0.2) is 18.3 Å². The van der Waals surface area contributed by atoms with Crippen LogP contribution in [0.3, 0.4) is 0 Å². The molecule has 2 aromatic rings. The van der Waals surface area contributed by atoms with Gasteiger partial charge < -0.3 is 0 Å². The van der Waals surface area contributed by atoms with Gasteiger partial charge in [-0.25, -0.2) is 4.98 Å². The second-order valence-corrected chi connectivity index (χ2v) is 4.47. The monoisotopic (exact) mass is 323 g/mol. The maximum atomic E-state index is 12.3. The van der Waals surface area contributed by atoms with Gasteiger partial charge in [0.15, 0.2) is 5.82 Å². The van der Waals surface area contributed by atoms with Crippen LogP contribution < -0.4 is 0 Å². The maximum Gasteiger partial charge on any atom is 0.417 e. The molecule has 17 heavy (non-hydrogen) atoms. The first kappa shape index (κ1) is 12.4. The average molecular weight is 324 g/mol. The van der Waals surface area contributed by atoms with Crippen molar-refractivity contribution < 1.29 is 13.2 Å². The highest BCUT2D eigenvalue weighted by Gasteiger charge is 2.30. The standard InChI is InChI=1S/C9H5BrF3N3S/c10-3-7-15-8(16-17-7)6-2-1-5(4-14-6)9(11,12)13/h1-2,4H,3H2. The fourth-order valence-corrected chi connectivity index (χ4v) is 2.04. The Kier molecular flexibility index (Phi) is 3.43. The SMILES string of the molecule is FC(F)(F)c1ccc(-c2nsc(CBr)n2)nc1. The Labute approximate surface area is 107 Å². The lowest BCUT2D eigenvalue weighted by molar-refractivity contribution is -0.137. The second kappa shape index (κ2) is 4.69. The molecule has 0 amide bonds. The third kappa shape index (κ3) is 2.81. The number of pyridine rings is 1. The van der Waals surface area contributed by atoms with Crippen molar-refractivity contribution in [3.05, 3.63) is 28.9 Å². The lowest BCUT2D eigenvalue weighted by Gasteiger charge is -2.05. The molecule has 0 saturated carbocycles. The summed E-state index contributed by atoms with van der Waals surface area (Å²) in [5.74, 6) is 0.346. The summed E-state index contributed by atoms with van der Waals surface area (Å²) in [4.78, 5) is 7.82. The number of rotatable bonds is 2. The summed E-state index contributed by atoms with van der Waals surface area (Å²) in [6.07, 6.45) is -3.59. The van der Waals surface area contributed by atoms with Gasteiger partial charge in [-0.1, -0.05) is 15.9 Å². The van der Waals surface area contributed by atoms with Gasteiger partial charge in [-0.05, 0) is 23.7 Å². The minimum atomic E-state index is -4.37. The van der Waals surface area contributed by atoms with Crippen LogP contribution in [0.25, 0.3) is 11.5 Å². The lowest BCUT2D eigenvalue weighted by atomic mass is 10.2. The summed E-state index contributed by atoms with van der Waals surface area (Å²) in [6, 6.07) is 2.24. The summed E-state index contributed by atoms with van der Waals surface area (Å²) in [6.45, 7) is 0. The molecule has 0 N–H and O–H groups in total. The van der Waals surface area contributed by atoms with E-state index in [1.165, 1.54) is 17.6 Å². The number of alkyl halides is 4. The summed E-state index contributed by atoms with van der Waals surface area (Å²) in [5, 5.41) is 1.31. The van der Waals surface area contributed by atoms with Crippen LogP contribution in [0.5, 0.6) is 0 Å². The van der Waals surface area contributed by atoms with Crippen molar-refractivity contribution in [3.63, 3.8) is 0 Å². The predicted octanol–water partition coefficient (Wildman–Crippen LogP) is 3.51. The van der Waals surface area contributed by atoms with Crippen molar-refractivity contribution in [3.8, 4) is 11.5 Å². The van der Waals surface area contributed by atoms with Crippen molar-refractivity contribution in [1.82, 2.24) is 14.3 Å². The van der Waals surface area contributed by atoms with Crippen molar-refractivity contribution in [2.75, 3.05) is 0 Å². The highest BCUT2D eigenvalue weighted by molar-refractivity contribution is 9.08. The highest BCUT2D eigenvalue weighted by atomic mass is 79.9. The van der Waals surface area contributed by atoms with Gasteiger partial charge in [-0.15, -0.1) is 0 Å². The average Bonchev–Trinajstić information content (AvgIpc) is 2.76. The molecular formula is C9H5BrF3N3S. The number of halogens is 4. The minimum absolute atomic E-state index is 0.335. The molecule has 0 atom stereocenters. The Bertz CT molecular complexity index is 509. The molecule has 8 heteroatoms. The third-order valence-corrected chi connectivity index (χ3v) is 3.52. The smallest absolute Gasteiger partial charge is 0.252 e. The van der Waals surface area contributed by atoms with Gasteiger partial charge in [0, 0.05) is 6.20 Å². The molecule has 0 spiro atoms. The molecule has 3 nitrogen and oxygen atoms in total. The molecule has 2 rings (SSSR count). The van der Waals surface area contributed by atoms with Gasteiger partial charge in [0.2, 0.25) is 0 Å². The second-order valence-electron chi connectivity index (χ2n) is 3.08. The molecule has 0 aliphatic heterocycles. The van der Waals surface area contributed by atoms with Crippen LogP contribution in [-0.2, 0) is 11.5 Å². The van der Waals surface area contributed by atoms with Crippen LogP contribution >= 0.6 is 27.5 Å². The van der Waals surface area contributed by atoms with Gasteiger partial charge in [-0.2, -0.15) is 17.5 Å². The van der Waals surface area contributed by atoms with Gasteiger partial charge in [0.1, 0.15) is 10.7 Å². The summed E-state index contributed by atoms with van der Waals surface area (Å²) >= 11 is 4.40. The molecule has 0 aromatic carbocycles. The van der Waals surface area contributed by atoms with E-state index in [0.717, 1.165) is 17.3 Å². The lowest BCUT2D eigenvalue weighted by Crippen LogP contribution is -2.05. The third-order valence-electron chi connectivity index (χ3n) is 1.90. The summed E-state index contributed by atoms with van der Waals surface area (Å²) in [5.41, 5.74) is -0.446. The zero-order valence-corrected chi connectivity index (χ0v) is 10.6. The Morgan fingerprint density at radius 2 is 2.06 bits per heavy atom. The fourth-order valence-electron chi connectivity index (χ4n) is 1.11. The van der Waals surface area contributed by atoms with Gasteiger partial charge in [-0.3, -0.25) is 4.98 Å². The summed E-state index contributed by atoms with van der Waals surface area (Å²) in [7, 11) is 0. The van der Waals surface area contributed by atoms with Crippen LogP contribution in [0.1, 0.15) is 10.6 Å². The van der Waals surface area contributed by atoms with E-state index in [9.17, 15) is 13.2 Å². The molecule has 0 unspecified atom stereocenters. The zero-order chi connectivity index (χ0) is 12.5. The van der Waals surface area contributed by atoms with Crippen LogP contribution in [0.4, 0.5) is 13.2 Å². The highest BCUT2D eigenvalue weighted by Crippen LogP contribution is 2.29. The molecule has 0 bridgehead atoms. The number of hydrogen-bond donors (Lipinski definition) is 0. The first-order valence-electron chi connectivity index (χ1n) is 4.43. The normalized spacial score (nSPS) is 11.8. The molecule has 0 aliphatic carbocycles. The van der Waals surface area contributed by atoms with E-state index in [-0.39, 0.29) is 0 Å². The van der Waals surface area contributed by atoms with Crippen molar-refractivity contribution in [1.29, 1.82) is 0 Å². The van der Waals surface area contributed by atoms with E-state index < -0.39 is 11.7 Å². The van der Waals surface area contributed by atoms with Crippen molar-refractivity contribution in [2.45, 2.75) is 11.5 Å². The number of aromatic nitrogens is 3. The Morgan fingerprint density at radius 1 is 1.29 bits per heavy atom. The maximum absolute atomic E-state index is 12.3. The number of hydrogen-bond acceptors (Lipinski definition) is 4. The Morgan fingerprint density at radius 3 is 2.53 bits per heavy atom. The Hall–Kier alpha value is -1.02. The van der Waals surface area contributed by atoms with Gasteiger partial charge >= 0.3 is 6.18 Å². The molecule has 0 radical (unpaired) electrons. The zero-order valence-electron chi connectivity index (χ0n) is 8.20.